The maximum Gasteiger partial charge on any atom is 0.420 e. The summed E-state index contributed by atoms with van der Waals surface area (Å²) >= 11 is 6.14. The molecule has 0 aliphatic rings. The number of aliphatic hydroxyl groups excluding tert-OH is 1. The highest BCUT2D eigenvalue weighted by molar-refractivity contribution is 6.30. The zero-order valence-electron chi connectivity index (χ0n) is 18.9. The number of nitrogens with one attached hydrogen (secondary N) is 1. The molecule has 1 unspecified atom stereocenters. The third-order valence-electron chi connectivity index (χ3n) is 5.21. The van der Waals surface area contributed by atoms with E-state index in [0.717, 1.165) is 5.56 Å². The van der Waals surface area contributed by atoms with E-state index in [1.54, 1.807) is 38.3 Å². The number of anilines is 1. The maximum absolute atomic E-state index is 13.9. The van der Waals surface area contributed by atoms with Crippen LogP contribution in [-0.4, -0.2) is 25.9 Å². The van der Waals surface area contributed by atoms with Gasteiger partial charge in [0.15, 0.2) is 0 Å². The van der Waals surface area contributed by atoms with Crippen LogP contribution in [0.25, 0.3) is 0 Å². The maximum atomic E-state index is 13.9. The molecule has 0 saturated carbocycles. The summed E-state index contributed by atoms with van der Waals surface area (Å²) in [5.41, 5.74) is 0.0507. The van der Waals surface area contributed by atoms with Gasteiger partial charge in [0.05, 0.1) is 20.8 Å². The lowest BCUT2D eigenvalue weighted by atomic mass is 9.94. The Bertz CT molecular complexity index is 1140. The minimum Gasteiger partial charge on any atom is -0.497 e. The summed E-state index contributed by atoms with van der Waals surface area (Å²) in [4.78, 5) is 0. The van der Waals surface area contributed by atoms with Gasteiger partial charge in [-0.15, -0.1) is 0 Å². The molecule has 0 amide bonds. The molecule has 0 saturated heterocycles. The van der Waals surface area contributed by atoms with E-state index in [4.69, 9.17) is 25.8 Å². The predicted octanol–water partition coefficient (Wildman–Crippen LogP) is 6.47. The van der Waals surface area contributed by atoms with E-state index in [1.807, 2.05) is 6.07 Å². The lowest BCUT2D eigenvalue weighted by molar-refractivity contribution is -0.140. The first-order valence-electron chi connectivity index (χ1n) is 10.4. The van der Waals surface area contributed by atoms with Gasteiger partial charge in [-0.2, -0.15) is 13.2 Å². The summed E-state index contributed by atoms with van der Waals surface area (Å²) in [6, 6.07) is 13.8. The van der Waals surface area contributed by atoms with E-state index in [0.29, 0.717) is 17.2 Å². The van der Waals surface area contributed by atoms with Crippen LogP contribution in [0, 0.1) is 0 Å². The van der Waals surface area contributed by atoms with Crippen molar-refractivity contribution < 1.29 is 32.5 Å². The monoisotopic (exact) mass is 495 g/mol. The van der Waals surface area contributed by atoms with Gasteiger partial charge in [-0.3, -0.25) is 0 Å². The second-order valence-corrected chi connectivity index (χ2v) is 7.75. The van der Waals surface area contributed by atoms with Crippen molar-refractivity contribution in [1.82, 2.24) is 0 Å². The lowest BCUT2D eigenvalue weighted by Crippen LogP contribution is -2.16. The van der Waals surface area contributed by atoms with Crippen molar-refractivity contribution in [3.8, 4) is 17.2 Å². The molecule has 1 atom stereocenters. The van der Waals surface area contributed by atoms with Gasteiger partial charge in [0.25, 0.3) is 0 Å². The van der Waals surface area contributed by atoms with E-state index in [-0.39, 0.29) is 35.1 Å². The summed E-state index contributed by atoms with van der Waals surface area (Å²) < 4.78 is 57.6. The number of rotatable bonds is 9. The lowest BCUT2D eigenvalue weighted by Gasteiger charge is -2.23. The van der Waals surface area contributed by atoms with Crippen LogP contribution in [0.3, 0.4) is 0 Å². The van der Waals surface area contributed by atoms with Crippen LogP contribution >= 0.6 is 11.6 Å². The number of ether oxygens (including phenoxy) is 3. The normalized spacial score (nSPS) is 12.2. The van der Waals surface area contributed by atoms with Crippen LogP contribution in [0.2, 0.25) is 5.02 Å². The molecule has 9 heteroatoms. The molecule has 0 bridgehead atoms. The number of alkyl halides is 3. The Morgan fingerprint density at radius 3 is 2.38 bits per heavy atom. The first kappa shape index (κ1) is 25.5. The van der Waals surface area contributed by atoms with E-state index < -0.39 is 17.8 Å². The SMILES string of the molecule is CCOc1cccc(C(O)c2cc(Cl)ccc2NCc2ccc(OC)cc2OC)c1C(F)(F)F. The quantitative estimate of drug-likeness (QED) is 0.356. The van der Waals surface area contributed by atoms with Crippen LogP contribution < -0.4 is 19.5 Å². The Morgan fingerprint density at radius 1 is 0.971 bits per heavy atom. The highest BCUT2D eigenvalue weighted by Crippen LogP contribution is 2.43. The Morgan fingerprint density at radius 2 is 1.74 bits per heavy atom. The largest absolute Gasteiger partial charge is 0.497 e. The third kappa shape index (κ3) is 5.69. The van der Waals surface area contributed by atoms with Crippen LogP contribution in [0.4, 0.5) is 18.9 Å². The third-order valence-corrected chi connectivity index (χ3v) is 5.44. The molecule has 0 aromatic heterocycles. The number of halogens is 4. The number of aliphatic hydroxyl groups is 1. The standard InChI is InChI=1S/C25H25ClF3NO4/c1-4-34-21-7-5-6-18(23(21)25(27,28)29)24(31)19-12-16(26)9-11-20(19)30-14-15-8-10-17(32-2)13-22(15)33-3/h5-13,24,30-31H,4,14H2,1-3H3. The van der Waals surface area contributed by atoms with E-state index in [2.05, 4.69) is 5.32 Å². The highest BCUT2D eigenvalue weighted by Gasteiger charge is 2.39. The summed E-state index contributed by atoms with van der Waals surface area (Å²) in [5, 5.41) is 14.5. The molecule has 0 aliphatic carbocycles. The van der Waals surface area contributed by atoms with Crippen LogP contribution in [0.1, 0.15) is 35.3 Å². The van der Waals surface area contributed by atoms with Gasteiger partial charge in [0.2, 0.25) is 0 Å². The van der Waals surface area contributed by atoms with Gasteiger partial charge in [-0.25, -0.2) is 0 Å². The Hall–Kier alpha value is -3.10. The van der Waals surface area contributed by atoms with Gasteiger partial charge in [0, 0.05) is 40.0 Å². The van der Waals surface area contributed by atoms with Gasteiger partial charge < -0.3 is 24.6 Å². The fourth-order valence-electron chi connectivity index (χ4n) is 3.63. The Kier molecular flexibility index (Phi) is 8.17. The summed E-state index contributed by atoms with van der Waals surface area (Å²) in [5.74, 6) is 0.856. The van der Waals surface area contributed by atoms with Crippen LogP contribution in [0.15, 0.2) is 54.6 Å². The molecule has 0 heterocycles. The summed E-state index contributed by atoms with van der Waals surface area (Å²) in [7, 11) is 3.07. The average molecular weight is 496 g/mol. The summed E-state index contributed by atoms with van der Waals surface area (Å²) in [6.07, 6.45) is -6.35. The summed E-state index contributed by atoms with van der Waals surface area (Å²) in [6.45, 7) is 1.92. The molecular formula is C25H25ClF3NO4. The molecule has 2 N–H and O–H groups in total. The molecule has 182 valence electrons. The molecule has 3 rings (SSSR count). The minimum atomic E-state index is -4.73. The van der Waals surface area contributed by atoms with Gasteiger partial charge in [-0.05, 0) is 43.3 Å². The fraction of sp³-hybridized carbons (Fsp3) is 0.280. The zero-order chi connectivity index (χ0) is 24.9. The van der Waals surface area contributed by atoms with Crippen molar-refractivity contribution in [2.75, 3.05) is 26.1 Å². The molecule has 3 aromatic carbocycles. The van der Waals surface area contributed by atoms with Crippen molar-refractivity contribution >= 4 is 17.3 Å². The van der Waals surface area contributed by atoms with E-state index >= 15 is 0 Å². The smallest absolute Gasteiger partial charge is 0.420 e. The molecule has 34 heavy (non-hydrogen) atoms. The second kappa shape index (κ2) is 10.9. The average Bonchev–Trinajstić information content (AvgIpc) is 2.82. The topological polar surface area (TPSA) is 60.0 Å². The molecule has 0 spiro atoms. The number of benzene rings is 3. The van der Waals surface area contributed by atoms with E-state index in [1.165, 1.54) is 31.4 Å². The first-order chi connectivity index (χ1) is 16.2. The van der Waals surface area contributed by atoms with Crippen molar-refractivity contribution in [1.29, 1.82) is 0 Å². The zero-order valence-corrected chi connectivity index (χ0v) is 19.6. The van der Waals surface area contributed by atoms with Crippen molar-refractivity contribution in [2.24, 2.45) is 0 Å². The van der Waals surface area contributed by atoms with Gasteiger partial charge >= 0.3 is 6.18 Å². The van der Waals surface area contributed by atoms with Crippen molar-refractivity contribution in [3.63, 3.8) is 0 Å². The highest BCUT2D eigenvalue weighted by atomic mass is 35.5. The molecule has 3 aromatic rings. The molecule has 0 fully saturated rings. The van der Waals surface area contributed by atoms with Crippen LogP contribution in [0.5, 0.6) is 17.2 Å². The molecular weight excluding hydrogens is 471 g/mol. The first-order valence-corrected chi connectivity index (χ1v) is 10.8. The number of hydrogen-bond acceptors (Lipinski definition) is 5. The molecule has 0 aliphatic heterocycles. The van der Waals surface area contributed by atoms with E-state index in [9.17, 15) is 18.3 Å². The van der Waals surface area contributed by atoms with Crippen LogP contribution in [-0.2, 0) is 12.7 Å². The van der Waals surface area contributed by atoms with Gasteiger partial charge in [0.1, 0.15) is 28.9 Å². The molecule has 5 nitrogen and oxygen atoms in total. The van der Waals surface area contributed by atoms with Gasteiger partial charge in [-0.1, -0.05) is 23.7 Å². The Balaban J connectivity index is 2.00. The Labute approximate surface area is 201 Å². The minimum absolute atomic E-state index is 0.0519. The second-order valence-electron chi connectivity index (χ2n) is 7.32. The molecule has 0 radical (unpaired) electrons. The van der Waals surface area contributed by atoms with Crippen molar-refractivity contribution in [2.45, 2.75) is 25.7 Å². The van der Waals surface area contributed by atoms with Crippen molar-refractivity contribution in [3.05, 3.63) is 81.9 Å². The number of methoxy groups -OCH3 is 2. The predicted molar refractivity (Wildman–Crippen MR) is 125 cm³/mol. The fourth-order valence-corrected chi connectivity index (χ4v) is 3.81. The number of hydrogen-bond donors (Lipinski definition) is 2.